The van der Waals surface area contributed by atoms with E-state index in [1.807, 2.05) is 61.5 Å². The molecule has 1 aliphatic carbocycles. The zero-order valence-corrected chi connectivity index (χ0v) is 23.3. The van der Waals surface area contributed by atoms with Crippen molar-refractivity contribution >= 4 is 24.6 Å². The smallest absolute Gasteiger partial charge is 0.247 e. The van der Waals surface area contributed by atoms with Crippen molar-refractivity contribution in [3.05, 3.63) is 53.8 Å². The SMILES string of the molecule is C=N/C=C(\C=C/C)C(C(=O)NC1CCCCC1)N(C)c1ccc(C(C)(C)O)cc1.N#CN1CCCC1C=O. The molecule has 2 aliphatic rings. The van der Waals surface area contributed by atoms with E-state index in [0.29, 0.717) is 0 Å². The molecule has 2 atom stereocenters. The van der Waals surface area contributed by atoms with Gasteiger partial charge in [-0.05, 0) is 70.9 Å². The summed E-state index contributed by atoms with van der Waals surface area (Å²) in [6.07, 6.45) is 15.7. The predicted molar refractivity (Wildman–Crippen MR) is 153 cm³/mol. The van der Waals surface area contributed by atoms with E-state index in [1.54, 1.807) is 20.0 Å². The first-order valence-corrected chi connectivity index (χ1v) is 13.4. The maximum Gasteiger partial charge on any atom is 0.247 e. The summed E-state index contributed by atoms with van der Waals surface area (Å²) >= 11 is 0. The lowest BCUT2D eigenvalue weighted by atomic mass is 9.94. The maximum atomic E-state index is 13.3. The molecule has 2 unspecified atom stereocenters. The highest BCUT2D eigenvalue weighted by Gasteiger charge is 2.29. The van der Waals surface area contributed by atoms with Gasteiger partial charge in [0.05, 0.1) is 11.6 Å². The first-order valence-electron chi connectivity index (χ1n) is 13.4. The molecule has 206 valence electrons. The van der Waals surface area contributed by atoms with Crippen LogP contribution in [0.4, 0.5) is 5.69 Å². The minimum atomic E-state index is -0.905. The average molecular weight is 522 g/mol. The Morgan fingerprint density at radius 3 is 2.39 bits per heavy atom. The summed E-state index contributed by atoms with van der Waals surface area (Å²) in [5.74, 6) is -0.0287. The summed E-state index contributed by atoms with van der Waals surface area (Å²) < 4.78 is 0. The van der Waals surface area contributed by atoms with Crippen molar-refractivity contribution in [1.82, 2.24) is 10.2 Å². The number of anilines is 1. The van der Waals surface area contributed by atoms with Crippen LogP contribution in [0.5, 0.6) is 0 Å². The number of likely N-dealkylation sites (tertiary alicyclic amines) is 1. The van der Waals surface area contributed by atoms with E-state index < -0.39 is 11.6 Å². The molecule has 3 rings (SSSR count). The second-order valence-electron chi connectivity index (χ2n) is 10.4. The van der Waals surface area contributed by atoms with Crippen LogP contribution < -0.4 is 10.2 Å². The van der Waals surface area contributed by atoms with Crippen LogP contribution in [-0.4, -0.2) is 60.6 Å². The van der Waals surface area contributed by atoms with Gasteiger partial charge in [0.1, 0.15) is 12.3 Å². The van der Waals surface area contributed by atoms with E-state index in [1.165, 1.54) is 11.3 Å². The molecule has 1 saturated carbocycles. The van der Waals surface area contributed by atoms with Crippen molar-refractivity contribution in [2.75, 3.05) is 18.5 Å². The Morgan fingerprint density at radius 2 is 1.89 bits per heavy atom. The van der Waals surface area contributed by atoms with Gasteiger partial charge < -0.3 is 25.0 Å². The van der Waals surface area contributed by atoms with Crippen molar-refractivity contribution in [3.8, 4) is 6.19 Å². The molecule has 1 heterocycles. The molecule has 8 heteroatoms. The van der Waals surface area contributed by atoms with Gasteiger partial charge in [-0.25, -0.2) is 0 Å². The predicted octanol–water partition coefficient (Wildman–Crippen LogP) is 4.46. The fourth-order valence-electron chi connectivity index (χ4n) is 4.89. The summed E-state index contributed by atoms with van der Waals surface area (Å²) in [5.41, 5.74) is 1.60. The van der Waals surface area contributed by atoms with Gasteiger partial charge >= 0.3 is 0 Å². The number of hydrogen-bond acceptors (Lipinski definition) is 7. The number of aldehydes is 1. The van der Waals surface area contributed by atoms with Crippen molar-refractivity contribution < 1.29 is 14.7 Å². The number of hydrogen-bond donors (Lipinski definition) is 2. The van der Waals surface area contributed by atoms with Crippen LogP contribution in [0, 0.1) is 11.5 Å². The highest BCUT2D eigenvalue weighted by Crippen LogP contribution is 2.26. The number of allylic oxidation sites excluding steroid dienone is 1. The van der Waals surface area contributed by atoms with Crippen molar-refractivity contribution in [2.24, 2.45) is 4.99 Å². The normalized spacial score (nSPS) is 19.2. The van der Waals surface area contributed by atoms with Gasteiger partial charge in [0, 0.05) is 37.1 Å². The van der Waals surface area contributed by atoms with Crippen LogP contribution in [0.15, 0.2) is 53.2 Å². The number of aliphatic imine (C=N–C) groups is 1. The second kappa shape index (κ2) is 15.1. The number of likely N-dealkylation sites (N-methyl/N-ethyl adjacent to an activating group) is 1. The molecular weight excluding hydrogens is 478 g/mol. The number of nitriles is 1. The molecule has 1 amide bonds. The number of carbonyl (C=O) groups is 2. The molecular formula is C30H43N5O3. The minimum Gasteiger partial charge on any atom is -0.386 e. The molecule has 2 N–H and O–H groups in total. The van der Waals surface area contributed by atoms with Gasteiger partial charge in [0.25, 0.3) is 0 Å². The van der Waals surface area contributed by atoms with E-state index in [9.17, 15) is 14.7 Å². The molecule has 38 heavy (non-hydrogen) atoms. The fourth-order valence-corrected chi connectivity index (χ4v) is 4.89. The summed E-state index contributed by atoms with van der Waals surface area (Å²) in [4.78, 5) is 30.9. The van der Waals surface area contributed by atoms with Crippen LogP contribution in [0.1, 0.15) is 71.3 Å². The lowest BCUT2D eigenvalue weighted by Gasteiger charge is -2.32. The molecule has 0 aromatic heterocycles. The minimum absolute atomic E-state index is 0.0287. The largest absolute Gasteiger partial charge is 0.386 e. The van der Waals surface area contributed by atoms with Gasteiger partial charge in [-0.15, -0.1) is 0 Å². The van der Waals surface area contributed by atoms with E-state index in [-0.39, 0.29) is 18.0 Å². The highest BCUT2D eigenvalue weighted by molar-refractivity contribution is 5.89. The fraction of sp³-hybridized carbons (Fsp3) is 0.533. The number of amides is 1. The summed E-state index contributed by atoms with van der Waals surface area (Å²) in [6.45, 7) is 9.76. The lowest BCUT2D eigenvalue weighted by molar-refractivity contribution is -0.122. The molecule has 8 nitrogen and oxygen atoms in total. The first-order chi connectivity index (χ1) is 18.2. The molecule has 1 aliphatic heterocycles. The standard InChI is InChI=1S/C24H35N3O2.C6H8N2O/c1-6-10-18(17-25-4)22(23(28)26-20-11-8-7-9-12-20)27(5)21-15-13-19(14-16-21)24(2,3)29;7-5-8-3-1-2-6(8)4-9/h6,10,13-17,20,22,29H,4,7-9,11-12H2,1-3,5H3,(H,26,28);4,6H,1-3H2/b10-6-,18-17+;. The highest BCUT2D eigenvalue weighted by atomic mass is 16.3. The van der Waals surface area contributed by atoms with Gasteiger partial charge in [-0.1, -0.05) is 43.5 Å². The summed E-state index contributed by atoms with van der Waals surface area (Å²) in [7, 11) is 1.91. The topological polar surface area (TPSA) is 109 Å². The van der Waals surface area contributed by atoms with Crippen LogP contribution >= 0.6 is 0 Å². The summed E-state index contributed by atoms with van der Waals surface area (Å²) in [6, 6.07) is 7.24. The maximum absolute atomic E-state index is 13.3. The molecule has 0 bridgehead atoms. The Morgan fingerprint density at radius 1 is 1.24 bits per heavy atom. The lowest BCUT2D eigenvalue weighted by Crippen LogP contribution is -2.49. The second-order valence-corrected chi connectivity index (χ2v) is 10.4. The van der Waals surface area contributed by atoms with Crippen molar-refractivity contribution in [2.45, 2.75) is 89.4 Å². The Labute approximate surface area is 227 Å². The third-order valence-corrected chi connectivity index (χ3v) is 7.07. The number of rotatable bonds is 9. The van der Waals surface area contributed by atoms with E-state index in [2.05, 4.69) is 17.0 Å². The average Bonchev–Trinajstić information content (AvgIpc) is 3.38. The molecule has 1 saturated heterocycles. The third-order valence-electron chi connectivity index (χ3n) is 7.07. The van der Waals surface area contributed by atoms with Gasteiger partial charge in [0.15, 0.2) is 6.19 Å². The van der Waals surface area contributed by atoms with Crippen LogP contribution in [0.25, 0.3) is 0 Å². The quantitative estimate of drug-likeness (QED) is 0.215. The van der Waals surface area contributed by atoms with Gasteiger partial charge in [-0.2, -0.15) is 5.26 Å². The zero-order chi connectivity index (χ0) is 28.1. The molecule has 0 radical (unpaired) electrons. The Balaban J connectivity index is 0.000000474. The number of carbonyl (C=O) groups excluding carboxylic acids is 2. The van der Waals surface area contributed by atoms with E-state index >= 15 is 0 Å². The molecule has 1 aromatic rings. The third kappa shape index (κ3) is 8.84. The molecule has 1 aromatic carbocycles. The number of benzene rings is 1. The van der Waals surface area contributed by atoms with Crippen LogP contribution in [-0.2, 0) is 15.2 Å². The van der Waals surface area contributed by atoms with Crippen LogP contribution in [0.3, 0.4) is 0 Å². The molecule has 2 fully saturated rings. The van der Waals surface area contributed by atoms with Crippen LogP contribution in [0.2, 0.25) is 0 Å². The Kier molecular flexibility index (Phi) is 12.2. The van der Waals surface area contributed by atoms with E-state index in [0.717, 1.165) is 68.2 Å². The number of nitrogens with one attached hydrogen (secondary N) is 1. The number of nitrogens with zero attached hydrogens (tertiary/aromatic N) is 4. The van der Waals surface area contributed by atoms with E-state index in [4.69, 9.17) is 5.26 Å². The zero-order valence-electron chi connectivity index (χ0n) is 23.3. The number of aliphatic hydroxyl groups is 1. The van der Waals surface area contributed by atoms with Crippen molar-refractivity contribution in [3.63, 3.8) is 0 Å². The Bertz CT molecular complexity index is 1010. The van der Waals surface area contributed by atoms with Crippen molar-refractivity contribution in [1.29, 1.82) is 5.26 Å². The van der Waals surface area contributed by atoms with Gasteiger partial charge in [-0.3, -0.25) is 9.79 Å². The Hall–Kier alpha value is -3.44. The summed E-state index contributed by atoms with van der Waals surface area (Å²) in [5, 5.41) is 21.8. The van der Waals surface area contributed by atoms with Gasteiger partial charge in [0.2, 0.25) is 5.91 Å². The monoisotopic (exact) mass is 521 g/mol. The molecule has 0 spiro atoms. The first kappa shape index (κ1) is 30.8.